The van der Waals surface area contributed by atoms with Crippen LogP contribution in [0.4, 0.5) is 5.69 Å². The maximum atomic E-state index is 13.0. The van der Waals surface area contributed by atoms with E-state index in [0.29, 0.717) is 30.0 Å². The van der Waals surface area contributed by atoms with E-state index in [1.54, 1.807) is 24.3 Å². The summed E-state index contributed by atoms with van der Waals surface area (Å²) >= 11 is 1.39. The molecule has 3 aliphatic heterocycles. The van der Waals surface area contributed by atoms with Crippen molar-refractivity contribution in [3.63, 3.8) is 0 Å². The third kappa shape index (κ3) is 5.47. The zero-order valence-corrected chi connectivity index (χ0v) is 21.7. The molecule has 4 heterocycles. The molecule has 0 saturated carbocycles. The Balaban J connectivity index is 1.25. The van der Waals surface area contributed by atoms with Crippen molar-refractivity contribution >= 4 is 41.1 Å². The highest BCUT2D eigenvalue weighted by molar-refractivity contribution is 8.00. The molecule has 0 bridgehead atoms. The zero-order valence-electron chi connectivity index (χ0n) is 20.9. The van der Waals surface area contributed by atoms with E-state index < -0.39 is 46.4 Å². The summed E-state index contributed by atoms with van der Waals surface area (Å²) in [5, 5.41) is 14.6. The van der Waals surface area contributed by atoms with Gasteiger partial charge in [0.15, 0.2) is 0 Å². The number of benzene rings is 1. The topological polar surface area (TPSA) is 185 Å². The Bertz CT molecular complexity index is 1580. The molecule has 0 spiro atoms. The number of aliphatic carboxylic acids is 1. The minimum atomic E-state index is -1.19. The van der Waals surface area contributed by atoms with E-state index in [9.17, 15) is 33.9 Å². The normalized spacial score (nSPS) is 19.6. The highest BCUT2D eigenvalue weighted by Gasteiger charge is 2.54. The molecule has 1 aromatic heterocycles. The van der Waals surface area contributed by atoms with Gasteiger partial charge in [0.25, 0.3) is 17.4 Å². The first-order valence-electron chi connectivity index (χ1n) is 12.2. The van der Waals surface area contributed by atoms with Gasteiger partial charge in [-0.15, -0.1) is 11.8 Å². The molecule has 206 valence electrons. The number of amides is 3. The number of hydrogen-bond donors (Lipinski definition) is 5. The first-order chi connectivity index (χ1) is 19.2. The highest BCUT2D eigenvalue weighted by atomic mass is 32.2. The number of allylic oxidation sites excluding steroid dienone is 2. The molecule has 0 aliphatic carbocycles. The van der Waals surface area contributed by atoms with E-state index >= 15 is 0 Å². The van der Waals surface area contributed by atoms with Crippen LogP contribution in [0, 0.1) is 0 Å². The molecule has 5 rings (SSSR count). The average molecular weight is 565 g/mol. The van der Waals surface area contributed by atoms with E-state index in [-0.39, 0.29) is 23.5 Å². The number of carbonyl (C=O) groups is 4. The number of aromatic amines is 2. The number of β-lactam (4-membered cyclic amide) rings is 1. The van der Waals surface area contributed by atoms with Crippen LogP contribution >= 0.6 is 11.8 Å². The number of para-hydroxylation sites is 1. The van der Waals surface area contributed by atoms with Crippen molar-refractivity contribution in [2.45, 2.75) is 17.8 Å². The Morgan fingerprint density at radius 1 is 1.10 bits per heavy atom. The van der Waals surface area contributed by atoms with Gasteiger partial charge in [0.05, 0.1) is 6.42 Å². The van der Waals surface area contributed by atoms with Gasteiger partial charge in [0.2, 0.25) is 5.91 Å². The average Bonchev–Trinajstić information content (AvgIpc) is 2.92. The summed E-state index contributed by atoms with van der Waals surface area (Å²) < 4.78 is 0. The monoisotopic (exact) mass is 564 g/mol. The van der Waals surface area contributed by atoms with Crippen molar-refractivity contribution in [3.05, 3.63) is 98.1 Å². The molecule has 2 atom stereocenters. The van der Waals surface area contributed by atoms with Gasteiger partial charge in [0, 0.05) is 30.6 Å². The minimum Gasteiger partial charge on any atom is -0.477 e. The summed E-state index contributed by atoms with van der Waals surface area (Å²) in [5.41, 5.74) is -0.547. The number of carboxylic acid groups (broad SMARTS) is 1. The van der Waals surface area contributed by atoms with Crippen LogP contribution in [-0.4, -0.2) is 78.8 Å². The molecular formula is C26H24N6O7S. The number of carbonyl (C=O) groups excluding carboxylic acids is 3. The molecule has 1 saturated heterocycles. The standard InChI is InChI=1S/C26H24N6O7S/c33-18(10-14-6-2-3-7-16(14)27-22(35)17-11-19(34)30-26(39)28-17)29-20-23(36)32-21(25(37)38)15(13-40-24(20)32)12-31-8-4-1-5-9-31/h1-8,11,20,24H,9-10,12-13H2,(H,27,35)(H,29,33)(H,37,38)(H2,28,30,34,39)/t20?,24-/m1/s1. The lowest BCUT2D eigenvalue weighted by Gasteiger charge is -2.49. The Morgan fingerprint density at radius 2 is 1.90 bits per heavy atom. The summed E-state index contributed by atoms with van der Waals surface area (Å²) in [6, 6.07) is 6.51. The number of hydrogen-bond acceptors (Lipinski definition) is 8. The van der Waals surface area contributed by atoms with E-state index in [1.807, 2.05) is 34.3 Å². The fourth-order valence-electron chi connectivity index (χ4n) is 4.65. The van der Waals surface area contributed by atoms with Crippen LogP contribution in [-0.2, 0) is 20.8 Å². The first kappa shape index (κ1) is 26.7. The number of aromatic nitrogens is 2. The van der Waals surface area contributed by atoms with Gasteiger partial charge in [-0.05, 0) is 29.5 Å². The maximum absolute atomic E-state index is 13.0. The lowest BCUT2D eigenvalue weighted by atomic mass is 10.0. The van der Waals surface area contributed by atoms with Crippen LogP contribution in [0.1, 0.15) is 16.1 Å². The van der Waals surface area contributed by atoms with E-state index in [1.165, 1.54) is 16.7 Å². The van der Waals surface area contributed by atoms with Crippen LogP contribution in [0.3, 0.4) is 0 Å². The lowest BCUT2D eigenvalue weighted by Crippen LogP contribution is -2.70. The quantitative estimate of drug-likeness (QED) is 0.275. The summed E-state index contributed by atoms with van der Waals surface area (Å²) in [4.78, 5) is 81.0. The molecule has 2 aromatic rings. The molecule has 5 N–H and O–H groups in total. The predicted octanol–water partition coefficient (Wildman–Crippen LogP) is -0.0179. The van der Waals surface area contributed by atoms with Crippen LogP contribution in [0.25, 0.3) is 0 Å². The van der Waals surface area contributed by atoms with E-state index in [4.69, 9.17) is 0 Å². The van der Waals surface area contributed by atoms with Crippen molar-refractivity contribution in [1.29, 1.82) is 0 Å². The van der Waals surface area contributed by atoms with Gasteiger partial charge >= 0.3 is 11.7 Å². The molecule has 13 nitrogen and oxygen atoms in total. The number of anilines is 1. The molecule has 1 fully saturated rings. The number of nitrogens with one attached hydrogen (secondary N) is 4. The van der Waals surface area contributed by atoms with Gasteiger partial charge in [-0.3, -0.25) is 29.1 Å². The summed E-state index contributed by atoms with van der Waals surface area (Å²) in [5.74, 6) is -2.55. The van der Waals surface area contributed by atoms with Crippen molar-refractivity contribution in [1.82, 2.24) is 25.1 Å². The Kier molecular flexibility index (Phi) is 7.42. The maximum Gasteiger partial charge on any atom is 0.352 e. The van der Waals surface area contributed by atoms with Crippen LogP contribution < -0.4 is 21.9 Å². The van der Waals surface area contributed by atoms with Crippen molar-refractivity contribution < 1.29 is 24.3 Å². The molecule has 1 aromatic carbocycles. The van der Waals surface area contributed by atoms with Crippen LogP contribution in [0.5, 0.6) is 0 Å². The molecule has 0 radical (unpaired) electrons. The van der Waals surface area contributed by atoms with Crippen LogP contribution in [0.2, 0.25) is 0 Å². The van der Waals surface area contributed by atoms with Gasteiger partial charge in [-0.2, -0.15) is 0 Å². The van der Waals surface area contributed by atoms with Crippen molar-refractivity contribution in [2.24, 2.45) is 0 Å². The summed E-state index contributed by atoms with van der Waals surface area (Å²) in [6.07, 6.45) is 7.39. The van der Waals surface area contributed by atoms with Gasteiger partial charge in [0.1, 0.15) is 22.8 Å². The second kappa shape index (κ2) is 11.1. The zero-order chi connectivity index (χ0) is 28.4. The van der Waals surface area contributed by atoms with Gasteiger partial charge in [-0.1, -0.05) is 30.4 Å². The smallest absolute Gasteiger partial charge is 0.352 e. The summed E-state index contributed by atoms with van der Waals surface area (Å²) in [6.45, 7) is 1.01. The number of carboxylic acids is 1. The van der Waals surface area contributed by atoms with Gasteiger partial charge < -0.3 is 25.6 Å². The number of nitrogens with zero attached hydrogens (tertiary/aromatic N) is 2. The highest BCUT2D eigenvalue weighted by Crippen LogP contribution is 2.40. The van der Waals surface area contributed by atoms with E-state index in [0.717, 1.165) is 6.07 Å². The van der Waals surface area contributed by atoms with Crippen molar-refractivity contribution in [3.8, 4) is 0 Å². The molecule has 3 aliphatic rings. The van der Waals surface area contributed by atoms with Gasteiger partial charge in [-0.25, -0.2) is 9.59 Å². The third-order valence-corrected chi connectivity index (χ3v) is 7.81. The molecule has 3 amide bonds. The number of fused-ring (bicyclic) bond motifs is 1. The number of thioether (sulfide) groups is 1. The predicted molar refractivity (Wildman–Crippen MR) is 145 cm³/mol. The second-order valence-corrected chi connectivity index (χ2v) is 10.3. The molecule has 40 heavy (non-hydrogen) atoms. The minimum absolute atomic E-state index is 0.0481. The number of rotatable bonds is 8. The molecule has 1 unspecified atom stereocenters. The largest absolute Gasteiger partial charge is 0.477 e. The number of H-pyrrole nitrogens is 2. The fourth-order valence-corrected chi connectivity index (χ4v) is 5.98. The molecular weight excluding hydrogens is 540 g/mol. The van der Waals surface area contributed by atoms with Crippen LogP contribution in [0.15, 0.2) is 75.6 Å². The van der Waals surface area contributed by atoms with E-state index in [2.05, 4.69) is 15.6 Å². The van der Waals surface area contributed by atoms with Crippen molar-refractivity contribution in [2.75, 3.05) is 24.2 Å². The Hall–Kier alpha value is -4.85. The summed E-state index contributed by atoms with van der Waals surface area (Å²) in [7, 11) is 0. The lowest BCUT2D eigenvalue weighted by molar-refractivity contribution is -0.150. The second-order valence-electron chi connectivity index (χ2n) is 9.20. The SMILES string of the molecule is O=C(Cc1ccccc1NC(=O)c1cc(=O)[nH]c(=O)[nH]1)NC1C(=O)N2C(C(=O)O)=C(CN3C=CC=CC3)CS[C@H]12. The fraction of sp³-hybridized carbons (Fsp3) is 0.231. The third-order valence-electron chi connectivity index (χ3n) is 6.47. The molecule has 14 heteroatoms. The first-order valence-corrected chi connectivity index (χ1v) is 13.3. The Labute approximate surface area is 230 Å². The Morgan fingerprint density at radius 3 is 2.62 bits per heavy atom.